The van der Waals surface area contributed by atoms with E-state index in [9.17, 15) is 5.11 Å². The molecule has 106 valence electrons. The Morgan fingerprint density at radius 1 is 1.21 bits per heavy atom. The third-order valence-electron chi connectivity index (χ3n) is 4.19. The number of likely N-dealkylation sites (tertiary alicyclic amines) is 1. The molecule has 0 aliphatic carbocycles. The lowest BCUT2D eigenvalue weighted by Gasteiger charge is -2.24. The Kier molecular flexibility index (Phi) is 4.03. The van der Waals surface area contributed by atoms with Gasteiger partial charge in [-0.1, -0.05) is 32.9 Å². The fourth-order valence-corrected chi connectivity index (χ4v) is 2.86. The van der Waals surface area contributed by atoms with E-state index in [0.29, 0.717) is 0 Å². The van der Waals surface area contributed by atoms with Crippen molar-refractivity contribution in [1.29, 1.82) is 0 Å². The summed E-state index contributed by atoms with van der Waals surface area (Å²) in [5.41, 5.74) is 5.81. The molecule has 0 radical (unpaired) electrons. The highest BCUT2D eigenvalue weighted by molar-refractivity contribution is 5.40. The quantitative estimate of drug-likeness (QED) is 0.884. The molecule has 1 aliphatic heterocycles. The van der Waals surface area contributed by atoms with Crippen molar-refractivity contribution in [2.24, 2.45) is 0 Å². The molecule has 2 heteroatoms. The summed E-state index contributed by atoms with van der Waals surface area (Å²) in [6, 6.07) is 4.66. The zero-order valence-electron chi connectivity index (χ0n) is 13.0. The van der Waals surface area contributed by atoms with E-state index in [0.717, 1.165) is 26.1 Å². The Bertz CT molecular complexity index is 436. The molecule has 1 atom stereocenters. The zero-order chi connectivity index (χ0) is 14.2. The van der Waals surface area contributed by atoms with Crippen LogP contribution in [-0.2, 0) is 12.0 Å². The number of aryl methyl sites for hydroxylation is 2. The van der Waals surface area contributed by atoms with E-state index in [4.69, 9.17) is 0 Å². The summed E-state index contributed by atoms with van der Waals surface area (Å²) in [4.78, 5) is 2.36. The molecule has 1 N–H and O–H groups in total. The van der Waals surface area contributed by atoms with E-state index in [1.807, 2.05) is 0 Å². The van der Waals surface area contributed by atoms with Crippen LogP contribution >= 0.6 is 0 Å². The second-order valence-corrected chi connectivity index (χ2v) is 7.02. The van der Waals surface area contributed by atoms with E-state index >= 15 is 0 Å². The summed E-state index contributed by atoms with van der Waals surface area (Å²) in [5.74, 6) is 0. The van der Waals surface area contributed by atoms with Crippen LogP contribution in [0.2, 0.25) is 0 Å². The van der Waals surface area contributed by atoms with Crippen LogP contribution in [0.1, 0.15) is 49.4 Å². The Morgan fingerprint density at radius 2 is 1.79 bits per heavy atom. The first-order chi connectivity index (χ1) is 8.77. The maximum absolute atomic E-state index is 9.63. The topological polar surface area (TPSA) is 23.5 Å². The van der Waals surface area contributed by atoms with Crippen molar-refractivity contribution in [3.63, 3.8) is 0 Å². The highest BCUT2D eigenvalue weighted by Crippen LogP contribution is 2.28. The standard InChI is InChI=1S/C17H27NO/c1-12-8-14(17(3,4)5)9-13(2)16(12)11-18-7-6-15(19)10-18/h8-9,15,19H,6-7,10-11H2,1-5H3/t15-/m0/s1. The van der Waals surface area contributed by atoms with Crippen LogP contribution in [0.5, 0.6) is 0 Å². The average molecular weight is 261 g/mol. The van der Waals surface area contributed by atoms with Gasteiger partial charge in [-0.2, -0.15) is 0 Å². The van der Waals surface area contributed by atoms with Gasteiger partial charge in [0.1, 0.15) is 0 Å². The minimum absolute atomic E-state index is 0.130. The average Bonchev–Trinajstić information content (AvgIpc) is 2.68. The molecule has 1 saturated heterocycles. The molecule has 19 heavy (non-hydrogen) atoms. The predicted molar refractivity (Wildman–Crippen MR) is 80.5 cm³/mol. The van der Waals surface area contributed by atoms with Crippen LogP contribution in [0, 0.1) is 13.8 Å². The molecule has 0 spiro atoms. The van der Waals surface area contributed by atoms with Gasteiger partial charge >= 0.3 is 0 Å². The van der Waals surface area contributed by atoms with Crippen molar-refractivity contribution < 1.29 is 5.11 Å². The lowest BCUT2D eigenvalue weighted by atomic mass is 9.84. The van der Waals surface area contributed by atoms with Gasteiger partial charge in [0.2, 0.25) is 0 Å². The number of hydrogen-bond acceptors (Lipinski definition) is 2. The monoisotopic (exact) mass is 261 g/mol. The molecule has 0 bridgehead atoms. The number of rotatable bonds is 2. The van der Waals surface area contributed by atoms with Gasteiger partial charge in [-0.05, 0) is 47.9 Å². The molecule has 0 saturated carbocycles. The molecule has 1 aliphatic rings. The Balaban J connectivity index is 2.22. The Hall–Kier alpha value is -0.860. The van der Waals surface area contributed by atoms with Crippen LogP contribution in [0.3, 0.4) is 0 Å². The Morgan fingerprint density at radius 3 is 2.21 bits per heavy atom. The molecule has 2 rings (SSSR count). The van der Waals surface area contributed by atoms with Crippen molar-refractivity contribution in [2.75, 3.05) is 13.1 Å². The summed E-state index contributed by atoms with van der Waals surface area (Å²) in [6.07, 6.45) is 0.785. The van der Waals surface area contributed by atoms with Crippen molar-refractivity contribution >= 4 is 0 Å². The molecule has 1 fully saturated rings. The fraction of sp³-hybridized carbons (Fsp3) is 0.647. The first-order valence-corrected chi connectivity index (χ1v) is 7.28. The minimum atomic E-state index is -0.130. The van der Waals surface area contributed by atoms with Crippen molar-refractivity contribution in [3.05, 3.63) is 34.4 Å². The second-order valence-electron chi connectivity index (χ2n) is 7.02. The minimum Gasteiger partial charge on any atom is -0.392 e. The highest BCUT2D eigenvalue weighted by Gasteiger charge is 2.22. The van der Waals surface area contributed by atoms with Crippen molar-refractivity contribution in [3.8, 4) is 0 Å². The van der Waals surface area contributed by atoms with E-state index in [1.54, 1.807) is 0 Å². The van der Waals surface area contributed by atoms with Crippen LogP contribution in [0.4, 0.5) is 0 Å². The fourth-order valence-electron chi connectivity index (χ4n) is 2.86. The summed E-state index contributed by atoms with van der Waals surface area (Å²) in [7, 11) is 0. The second kappa shape index (κ2) is 5.26. The number of aliphatic hydroxyl groups is 1. The first kappa shape index (κ1) is 14.5. The molecule has 1 heterocycles. The van der Waals surface area contributed by atoms with E-state index in [1.165, 1.54) is 22.3 Å². The summed E-state index contributed by atoms with van der Waals surface area (Å²) < 4.78 is 0. The predicted octanol–water partition coefficient (Wildman–Crippen LogP) is 3.17. The van der Waals surface area contributed by atoms with Gasteiger partial charge in [0.25, 0.3) is 0 Å². The van der Waals surface area contributed by atoms with Crippen molar-refractivity contribution in [1.82, 2.24) is 4.90 Å². The summed E-state index contributed by atoms with van der Waals surface area (Å²) >= 11 is 0. The molecular formula is C17H27NO. The number of β-amino-alcohol motifs (C(OH)–C–C–N with tert-alkyl or cyclic N) is 1. The van der Waals surface area contributed by atoms with Crippen molar-refractivity contribution in [2.45, 2.75) is 59.1 Å². The SMILES string of the molecule is Cc1cc(C(C)(C)C)cc(C)c1CN1CC[C@H](O)C1. The van der Waals surface area contributed by atoms with E-state index in [-0.39, 0.29) is 11.5 Å². The molecule has 1 aromatic carbocycles. The highest BCUT2D eigenvalue weighted by atomic mass is 16.3. The summed E-state index contributed by atoms with van der Waals surface area (Å²) in [6.45, 7) is 14.0. The maximum atomic E-state index is 9.63. The molecule has 0 amide bonds. The zero-order valence-corrected chi connectivity index (χ0v) is 13.0. The van der Waals surface area contributed by atoms with Gasteiger partial charge in [0.05, 0.1) is 6.10 Å². The van der Waals surface area contributed by atoms with Gasteiger partial charge in [-0.25, -0.2) is 0 Å². The lowest BCUT2D eigenvalue weighted by molar-refractivity contribution is 0.174. The van der Waals surface area contributed by atoms with Crippen LogP contribution in [0.15, 0.2) is 12.1 Å². The van der Waals surface area contributed by atoms with Gasteiger partial charge in [0.15, 0.2) is 0 Å². The van der Waals surface area contributed by atoms with Crippen LogP contribution in [0.25, 0.3) is 0 Å². The van der Waals surface area contributed by atoms with Crippen LogP contribution in [-0.4, -0.2) is 29.2 Å². The van der Waals surface area contributed by atoms with E-state index in [2.05, 4.69) is 51.7 Å². The third-order valence-corrected chi connectivity index (χ3v) is 4.19. The lowest BCUT2D eigenvalue weighted by Crippen LogP contribution is -2.23. The smallest absolute Gasteiger partial charge is 0.0679 e. The number of aliphatic hydroxyl groups excluding tert-OH is 1. The normalized spacial score (nSPS) is 21.1. The number of nitrogens with zero attached hydrogens (tertiary/aromatic N) is 1. The van der Waals surface area contributed by atoms with Gasteiger partial charge < -0.3 is 5.11 Å². The third kappa shape index (κ3) is 3.37. The molecular weight excluding hydrogens is 234 g/mol. The molecule has 1 aromatic rings. The largest absolute Gasteiger partial charge is 0.392 e. The molecule has 2 nitrogen and oxygen atoms in total. The summed E-state index contributed by atoms with van der Waals surface area (Å²) in [5, 5.41) is 9.63. The first-order valence-electron chi connectivity index (χ1n) is 7.28. The number of hydrogen-bond donors (Lipinski definition) is 1. The van der Waals surface area contributed by atoms with Gasteiger partial charge in [-0.3, -0.25) is 4.90 Å². The molecule has 0 aromatic heterocycles. The van der Waals surface area contributed by atoms with Gasteiger partial charge in [0, 0.05) is 19.6 Å². The van der Waals surface area contributed by atoms with E-state index < -0.39 is 0 Å². The Labute approximate surface area is 117 Å². The maximum Gasteiger partial charge on any atom is 0.0679 e. The number of benzene rings is 1. The molecule has 0 unspecified atom stereocenters. The van der Waals surface area contributed by atoms with Gasteiger partial charge in [-0.15, -0.1) is 0 Å². The van der Waals surface area contributed by atoms with Crippen LogP contribution < -0.4 is 0 Å².